The van der Waals surface area contributed by atoms with E-state index < -0.39 is 0 Å². The molecule has 2 fully saturated rings. The molecular formula is C26H31ClN6O. The van der Waals surface area contributed by atoms with Crippen molar-refractivity contribution >= 4 is 40.2 Å². The first-order valence-electron chi connectivity index (χ1n) is 12.2. The lowest BCUT2D eigenvalue weighted by atomic mass is 10.0. The molecule has 1 amide bonds. The fraction of sp³-hybridized carbons (Fsp3) is 0.462. The molecule has 0 unspecified atom stereocenters. The smallest absolute Gasteiger partial charge is 0.227 e. The lowest BCUT2D eigenvalue weighted by molar-refractivity contribution is -0.116. The lowest BCUT2D eigenvalue weighted by Gasteiger charge is -2.36. The number of carbonyl (C=O) groups excluding carboxylic acids is 1. The van der Waals surface area contributed by atoms with Crippen LogP contribution in [0, 0.1) is 6.92 Å². The molecule has 5 rings (SSSR count). The summed E-state index contributed by atoms with van der Waals surface area (Å²) < 4.78 is 0. The van der Waals surface area contributed by atoms with Gasteiger partial charge >= 0.3 is 0 Å². The molecule has 0 spiro atoms. The molecule has 4 heterocycles. The van der Waals surface area contributed by atoms with Crippen molar-refractivity contribution in [3.05, 3.63) is 52.8 Å². The van der Waals surface area contributed by atoms with Gasteiger partial charge in [0.1, 0.15) is 0 Å². The van der Waals surface area contributed by atoms with Gasteiger partial charge in [-0.15, -0.1) is 0 Å². The van der Waals surface area contributed by atoms with Crippen LogP contribution in [0.2, 0.25) is 5.02 Å². The highest BCUT2D eigenvalue weighted by atomic mass is 35.5. The average molecular weight is 479 g/mol. The van der Waals surface area contributed by atoms with Gasteiger partial charge in [0.15, 0.2) is 5.65 Å². The van der Waals surface area contributed by atoms with Gasteiger partial charge in [-0.05, 0) is 75.9 Å². The van der Waals surface area contributed by atoms with Crippen molar-refractivity contribution in [2.45, 2.75) is 51.5 Å². The molecule has 1 N–H and O–H groups in total. The largest absolute Gasteiger partial charge is 0.341 e. The monoisotopic (exact) mass is 478 g/mol. The number of amides is 1. The Kier molecular flexibility index (Phi) is 6.92. The van der Waals surface area contributed by atoms with Gasteiger partial charge in [0.2, 0.25) is 11.9 Å². The van der Waals surface area contributed by atoms with Crippen molar-refractivity contribution in [3.63, 3.8) is 0 Å². The van der Waals surface area contributed by atoms with Gasteiger partial charge in [-0.25, -0.2) is 9.97 Å². The van der Waals surface area contributed by atoms with E-state index in [1.807, 2.05) is 37.3 Å². The number of nitrogens with one attached hydrogen (secondary N) is 1. The van der Waals surface area contributed by atoms with Crippen molar-refractivity contribution < 1.29 is 4.79 Å². The number of benzene rings is 1. The van der Waals surface area contributed by atoms with Crippen LogP contribution in [-0.2, 0) is 11.2 Å². The zero-order valence-corrected chi connectivity index (χ0v) is 20.4. The zero-order chi connectivity index (χ0) is 23.5. The fourth-order valence-electron chi connectivity index (χ4n) is 5.02. The minimum Gasteiger partial charge on any atom is -0.341 e. The van der Waals surface area contributed by atoms with Crippen LogP contribution in [-0.4, -0.2) is 58.0 Å². The van der Waals surface area contributed by atoms with E-state index in [1.54, 1.807) is 6.20 Å². The number of fused-ring (bicyclic) bond motifs is 1. The number of aryl methyl sites for hydroxylation is 2. The number of carbonyl (C=O) groups is 1. The van der Waals surface area contributed by atoms with E-state index in [9.17, 15) is 4.79 Å². The average Bonchev–Trinajstić information content (AvgIpc) is 3.39. The second-order valence-electron chi connectivity index (χ2n) is 9.34. The minimum atomic E-state index is -0.0489. The first-order valence-corrected chi connectivity index (χ1v) is 12.6. The molecule has 178 valence electrons. The highest BCUT2D eigenvalue weighted by molar-refractivity contribution is 6.30. The zero-order valence-electron chi connectivity index (χ0n) is 19.6. The SMILES string of the molecule is Cc1nc(N2CCC(N3CCCC3)CC2)nc2ncc(NC(=O)CCc3ccc(Cl)cc3)cc12. The molecule has 0 bridgehead atoms. The van der Waals surface area contributed by atoms with Gasteiger partial charge in [0.25, 0.3) is 0 Å². The second-order valence-corrected chi connectivity index (χ2v) is 9.78. The Hall–Kier alpha value is -2.77. The summed E-state index contributed by atoms with van der Waals surface area (Å²) in [6, 6.07) is 10.2. The summed E-state index contributed by atoms with van der Waals surface area (Å²) in [7, 11) is 0. The van der Waals surface area contributed by atoms with E-state index in [-0.39, 0.29) is 5.91 Å². The van der Waals surface area contributed by atoms with E-state index in [0.29, 0.717) is 35.2 Å². The van der Waals surface area contributed by atoms with Crippen LogP contribution in [0.5, 0.6) is 0 Å². The number of piperidine rings is 1. The molecule has 0 saturated carbocycles. The molecule has 2 aliphatic rings. The maximum Gasteiger partial charge on any atom is 0.227 e. The quantitative estimate of drug-likeness (QED) is 0.557. The number of hydrogen-bond acceptors (Lipinski definition) is 6. The summed E-state index contributed by atoms with van der Waals surface area (Å²) in [5, 5.41) is 4.52. The minimum absolute atomic E-state index is 0.0489. The molecule has 2 saturated heterocycles. The number of likely N-dealkylation sites (tertiary alicyclic amines) is 1. The Morgan fingerprint density at radius 3 is 2.56 bits per heavy atom. The van der Waals surface area contributed by atoms with Crippen molar-refractivity contribution in [1.29, 1.82) is 0 Å². The molecule has 2 aliphatic heterocycles. The molecule has 7 nitrogen and oxygen atoms in total. The third-order valence-corrected chi connectivity index (χ3v) is 7.22. The van der Waals surface area contributed by atoms with Gasteiger partial charge in [-0.2, -0.15) is 4.98 Å². The maximum atomic E-state index is 12.4. The Bertz CT molecular complexity index is 1150. The molecule has 0 radical (unpaired) electrons. The highest BCUT2D eigenvalue weighted by Gasteiger charge is 2.27. The Morgan fingerprint density at radius 1 is 1.09 bits per heavy atom. The second kappa shape index (κ2) is 10.2. The van der Waals surface area contributed by atoms with E-state index in [0.717, 1.165) is 48.5 Å². The van der Waals surface area contributed by atoms with Crippen molar-refractivity contribution in [2.24, 2.45) is 0 Å². The van der Waals surface area contributed by atoms with Gasteiger partial charge < -0.3 is 15.1 Å². The van der Waals surface area contributed by atoms with Crippen LogP contribution >= 0.6 is 11.6 Å². The van der Waals surface area contributed by atoms with Crippen LogP contribution in [0.25, 0.3) is 11.0 Å². The molecule has 8 heteroatoms. The van der Waals surface area contributed by atoms with Crippen molar-refractivity contribution in [1.82, 2.24) is 19.9 Å². The van der Waals surface area contributed by atoms with E-state index in [2.05, 4.69) is 20.1 Å². The van der Waals surface area contributed by atoms with Crippen molar-refractivity contribution in [3.8, 4) is 0 Å². The lowest BCUT2D eigenvalue weighted by Crippen LogP contribution is -2.44. The predicted octanol–water partition coefficient (Wildman–Crippen LogP) is 4.62. The number of pyridine rings is 1. The number of halogens is 1. The summed E-state index contributed by atoms with van der Waals surface area (Å²) in [5.74, 6) is 0.712. The number of nitrogens with zero attached hydrogens (tertiary/aromatic N) is 5. The standard InChI is InChI=1S/C26H31ClN6O/c1-18-23-16-21(30-24(34)9-6-19-4-7-20(27)8-5-19)17-28-25(23)31-26(29-18)33-14-10-22(11-15-33)32-12-2-3-13-32/h4-5,7-8,16-17,22H,2-3,6,9-15H2,1H3,(H,30,34). The Balaban J connectivity index is 1.21. The molecular weight excluding hydrogens is 448 g/mol. The summed E-state index contributed by atoms with van der Waals surface area (Å²) in [5.41, 5.74) is 3.30. The van der Waals surface area contributed by atoms with Gasteiger partial charge in [0, 0.05) is 36.0 Å². The number of rotatable bonds is 6. The third-order valence-electron chi connectivity index (χ3n) is 6.97. The molecule has 0 atom stereocenters. The first kappa shape index (κ1) is 23.0. The molecule has 2 aromatic heterocycles. The topological polar surface area (TPSA) is 74.2 Å². The van der Waals surface area contributed by atoms with E-state index >= 15 is 0 Å². The van der Waals surface area contributed by atoms with Crippen LogP contribution in [0.1, 0.15) is 43.4 Å². The molecule has 3 aromatic rings. The van der Waals surface area contributed by atoms with Crippen LogP contribution in [0.3, 0.4) is 0 Å². The highest BCUT2D eigenvalue weighted by Crippen LogP contribution is 2.26. The number of hydrogen-bond donors (Lipinski definition) is 1. The Morgan fingerprint density at radius 2 is 1.82 bits per heavy atom. The van der Waals surface area contributed by atoms with E-state index in [1.165, 1.54) is 25.9 Å². The van der Waals surface area contributed by atoms with Gasteiger partial charge in [0.05, 0.1) is 17.6 Å². The van der Waals surface area contributed by atoms with Gasteiger partial charge in [-0.1, -0.05) is 23.7 Å². The summed E-state index contributed by atoms with van der Waals surface area (Å²) >= 11 is 5.93. The molecule has 1 aromatic carbocycles. The number of anilines is 2. The van der Waals surface area contributed by atoms with Crippen LogP contribution < -0.4 is 10.2 Å². The first-order chi connectivity index (χ1) is 16.5. The van der Waals surface area contributed by atoms with Gasteiger partial charge in [-0.3, -0.25) is 4.79 Å². The summed E-state index contributed by atoms with van der Waals surface area (Å²) in [4.78, 5) is 31.5. The number of aromatic nitrogens is 3. The molecule has 0 aliphatic carbocycles. The fourth-order valence-corrected chi connectivity index (χ4v) is 5.15. The molecule has 34 heavy (non-hydrogen) atoms. The summed E-state index contributed by atoms with van der Waals surface area (Å²) in [6.45, 7) is 6.44. The van der Waals surface area contributed by atoms with Crippen LogP contribution in [0.4, 0.5) is 11.6 Å². The Labute approximate surface area is 205 Å². The van der Waals surface area contributed by atoms with Crippen LogP contribution in [0.15, 0.2) is 36.5 Å². The van der Waals surface area contributed by atoms with E-state index in [4.69, 9.17) is 21.6 Å². The normalized spacial score (nSPS) is 17.4. The third kappa shape index (κ3) is 5.31. The summed E-state index contributed by atoms with van der Waals surface area (Å²) in [6.07, 6.45) is 7.72. The van der Waals surface area contributed by atoms with Crippen molar-refractivity contribution in [2.75, 3.05) is 36.4 Å². The maximum absolute atomic E-state index is 12.4. The predicted molar refractivity (Wildman–Crippen MR) is 137 cm³/mol.